The average Bonchev–Trinajstić information content (AvgIpc) is 3.47. The minimum Gasteiger partial charge on any atom is -0.480 e. The van der Waals surface area contributed by atoms with Crippen molar-refractivity contribution in [2.45, 2.75) is 63.5 Å². The van der Waals surface area contributed by atoms with Crippen molar-refractivity contribution in [2.24, 2.45) is 0 Å². The van der Waals surface area contributed by atoms with Gasteiger partial charge < -0.3 is 10.0 Å². The number of carboxylic acids is 1. The van der Waals surface area contributed by atoms with E-state index in [2.05, 4.69) is 0 Å². The van der Waals surface area contributed by atoms with Crippen LogP contribution in [0.1, 0.15) is 67.9 Å². The lowest BCUT2D eigenvalue weighted by molar-refractivity contribution is -0.138. The monoisotopic (exact) mass is 381 g/mol. The van der Waals surface area contributed by atoms with E-state index in [4.69, 9.17) is 5.10 Å². The molecule has 0 spiro atoms. The number of carboxylic acid groups (broad SMARTS) is 1. The molecule has 2 aliphatic carbocycles. The highest BCUT2D eigenvalue weighted by molar-refractivity contribution is 5.95. The van der Waals surface area contributed by atoms with E-state index < -0.39 is 5.97 Å². The predicted octanol–water partition coefficient (Wildman–Crippen LogP) is 4.13. The third kappa shape index (κ3) is 3.81. The summed E-state index contributed by atoms with van der Waals surface area (Å²) in [6.45, 7) is -0.263. The number of benzene rings is 1. The molecule has 6 heteroatoms. The maximum Gasteiger partial charge on any atom is 0.323 e. The first-order chi connectivity index (χ1) is 13.6. The highest BCUT2D eigenvalue weighted by Gasteiger charge is 2.32. The van der Waals surface area contributed by atoms with Crippen molar-refractivity contribution in [1.82, 2.24) is 14.7 Å². The molecule has 28 heavy (non-hydrogen) atoms. The van der Waals surface area contributed by atoms with Crippen LogP contribution in [0.2, 0.25) is 0 Å². The second-order valence-corrected chi connectivity index (χ2v) is 7.93. The second-order valence-electron chi connectivity index (χ2n) is 7.93. The van der Waals surface area contributed by atoms with Crippen molar-refractivity contribution in [3.05, 3.63) is 42.1 Å². The van der Waals surface area contributed by atoms with Crippen LogP contribution in [0.5, 0.6) is 0 Å². The molecule has 0 saturated heterocycles. The molecule has 6 nitrogen and oxygen atoms in total. The molecule has 4 rings (SSSR count). The first-order valence-electron chi connectivity index (χ1n) is 10.3. The highest BCUT2D eigenvalue weighted by Crippen LogP contribution is 2.34. The largest absolute Gasteiger partial charge is 0.480 e. The Labute approximate surface area is 165 Å². The van der Waals surface area contributed by atoms with Gasteiger partial charge in [0.1, 0.15) is 6.54 Å². The van der Waals surface area contributed by atoms with E-state index in [0.717, 1.165) is 49.8 Å². The molecule has 0 bridgehead atoms. The Balaban J connectivity index is 1.69. The zero-order valence-corrected chi connectivity index (χ0v) is 16.1. The van der Waals surface area contributed by atoms with Gasteiger partial charge in [-0.2, -0.15) is 5.10 Å². The number of rotatable bonds is 6. The summed E-state index contributed by atoms with van der Waals surface area (Å²) in [6, 6.07) is 12.2. The van der Waals surface area contributed by atoms with Gasteiger partial charge in [-0.25, -0.2) is 0 Å². The molecule has 2 aromatic rings. The Morgan fingerprint density at radius 3 is 2.32 bits per heavy atom. The lowest BCUT2D eigenvalue weighted by atomic mass is 10.1. The number of amides is 1. The van der Waals surface area contributed by atoms with Crippen molar-refractivity contribution < 1.29 is 14.7 Å². The fourth-order valence-electron chi connectivity index (χ4n) is 4.63. The molecule has 1 aromatic heterocycles. The lowest BCUT2D eigenvalue weighted by Gasteiger charge is -2.26. The lowest BCUT2D eigenvalue weighted by Crippen LogP contribution is -2.42. The van der Waals surface area contributed by atoms with E-state index in [-0.39, 0.29) is 18.5 Å². The summed E-state index contributed by atoms with van der Waals surface area (Å²) in [5.41, 5.74) is 2.34. The van der Waals surface area contributed by atoms with Gasteiger partial charge in [-0.1, -0.05) is 56.0 Å². The van der Waals surface area contributed by atoms with Crippen molar-refractivity contribution in [1.29, 1.82) is 0 Å². The minimum atomic E-state index is -0.973. The Morgan fingerprint density at radius 1 is 1.04 bits per heavy atom. The maximum atomic E-state index is 13.3. The van der Waals surface area contributed by atoms with Crippen LogP contribution >= 0.6 is 0 Å². The first kappa shape index (κ1) is 18.7. The van der Waals surface area contributed by atoms with Crippen molar-refractivity contribution in [3.8, 4) is 11.3 Å². The summed E-state index contributed by atoms with van der Waals surface area (Å²) in [4.78, 5) is 26.2. The summed E-state index contributed by atoms with van der Waals surface area (Å²) >= 11 is 0. The summed E-state index contributed by atoms with van der Waals surface area (Å²) in [5.74, 6) is -1.23. The van der Waals surface area contributed by atoms with E-state index in [9.17, 15) is 14.7 Å². The molecule has 0 radical (unpaired) electrons. The van der Waals surface area contributed by atoms with Crippen molar-refractivity contribution >= 4 is 11.9 Å². The topological polar surface area (TPSA) is 75.4 Å². The van der Waals surface area contributed by atoms with Gasteiger partial charge in [0.2, 0.25) is 0 Å². The SMILES string of the molecule is O=C(O)CN(C(=O)c1cc(-c2ccccc2)n(C2CCCC2)n1)C1CCCC1. The molecular formula is C22H27N3O3. The number of aliphatic carboxylic acids is 1. The number of carbonyl (C=O) groups excluding carboxylic acids is 1. The van der Waals surface area contributed by atoms with E-state index in [1.165, 1.54) is 17.7 Å². The summed E-state index contributed by atoms with van der Waals surface area (Å²) < 4.78 is 2.00. The zero-order chi connectivity index (χ0) is 19.5. The Hall–Kier alpha value is -2.63. The third-order valence-corrected chi connectivity index (χ3v) is 6.03. The van der Waals surface area contributed by atoms with Gasteiger partial charge in [0, 0.05) is 6.04 Å². The molecule has 1 heterocycles. The van der Waals surface area contributed by atoms with Crippen molar-refractivity contribution in [2.75, 3.05) is 6.54 Å². The van der Waals surface area contributed by atoms with E-state index in [0.29, 0.717) is 11.7 Å². The van der Waals surface area contributed by atoms with Gasteiger partial charge in [-0.3, -0.25) is 14.3 Å². The van der Waals surface area contributed by atoms with Gasteiger partial charge in [0.05, 0.1) is 11.7 Å². The van der Waals surface area contributed by atoms with Crippen LogP contribution in [-0.4, -0.2) is 44.3 Å². The first-order valence-corrected chi connectivity index (χ1v) is 10.3. The van der Waals surface area contributed by atoms with Gasteiger partial charge in [0.25, 0.3) is 5.91 Å². The summed E-state index contributed by atoms with van der Waals surface area (Å²) in [7, 11) is 0. The molecule has 1 N–H and O–H groups in total. The zero-order valence-electron chi connectivity index (χ0n) is 16.1. The van der Waals surface area contributed by atoms with Crippen LogP contribution < -0.4 is 0 Å². The number of carbonyl (C=O) groups is 2. The number of aromatic nitrogens is 2. The fraction of sp³-hybridized carbons (Fsp3) is 0.500. The number of nitrogens with zero attached hydrogens (tertiary/aromatic N) is 3. The summed E-state index contributed by atoms with van der Waals surface area (Å²) in [5, 5.41) is 14.0. The van der Waals surface area contributed by atoms with E-state index >= 15 is 0 Å². The van der Waals surface area contributed by atoms with Gasteiger partial charge in [-0.15, -0.1) is 0 Å². The van der Waals surface area contributed by atoms with Crippen LogP contribution in [-0.2, 0) is 4.79 Å². The van der Waals surface area contributed by atoms with Crippen LogP contribution in [0.15, 0.2) is 36.4 Å². The van der Waals surface area contributed by atoms with Crippen molar-refractivity contribution in [3.63, 3.8) is 0 Å². The van der Waals surface area contributed by atoms with Gasteiger partial charge in [0.15, 0.2) is 5.69 Å². The van der Waals surface area contributed by atoms with Crippen LogP contribution in [0.3, 0.4) is 0 Å². The molecule has 1 amide bonds. The number of hydrogen-bond acceptors (Lipinski definition) is 3. The maximum absolute atomic E-state index is 13.3. The third-order valence-electron chi connectivity index (χ3n) is 6.03. The molecule has 2 fully saturated rings. The molecule has 0 atom stereocenters. The number of hydrogen-bond donors (Lipinski definition) is 1. The molecule has 0 aliphatic heterocycles. The second kappa shape index (κ2) is 8.17. The normalized spacial score (nSPS) is 17.9. The fourth-order valence-corrected chi connectivity index (χ4v) is 4.63. The van der Waals surface area contributed by atoms with Gasteiger partial charge >= 0.3 is 5.97 Å². The Kier molecular flexibility index (Phi) is 5.46. The predicted molar refractivity (Wildman–Crippen MR) is 106 cm³/mol. The molecule has 0 unspecified atom stereocenters. The van der Waals surface area contributed by atoms with Crippen LogP contribution in [0, 0.1) is 0 Å². The standard InChI is InChI=1S/C22H27N3O3/c26-21(27)15-24(17-10-4-5-11-17)22(28)19-14-20(16-8-2-1-3-9-16)25(23-19)18-12-6-7-13-18/h1-3,8-9,14,17-18H,4-7,10-13,15H2,(H,26,27). The summed E-state index contributed by atoms with van der Waals surface area (Å²) in [6.07, 6.45) is 8.30. The van der Waals surface area contributed by atoms with E-state index in [1.54, 1.807) is 0 Å². The molecular weight excluding hydrogens is 354 g/mol. The van der Waals surface area contributed by atoms with E-state index in [1.807, 2.05) is 41.1 Å². The molecule has 1 aromatic carbocycles. The Bertz CT molecular complexity index is 834. The van der Waals surface area contributed by atoms with Crippen LogP contribution in [0.25, 0.3) is 11.3 Å². The van der Waals surface area contributed by atoms with Crippen LogP contribution in [0.4, 0.5) is 0 Å². The van der Waals surface area contributed by atoms with Gasteiger partial charge in [-0.05, 0) is 37.3 Å². The molecule has 2 aliphatic rings. The Morgan fingerprint density at radius 2 is 1.68 bits per heavy atom. The smallest absolute Gasteiger partial charge is 0.323 e. The highest BCUT2D eigenvalue weighted by atomic mass is 16.4. The minimum absolute atomic E-state index is 0.000376. The molecule has 2 saturated carbocycles. The molecule has 148 valence electrons. The quantitative estimate of drug-likeness (QED) is 0.816. The average molecular weight is 381 g/mol.